The van der Waals surface area contributed by atoms with Crippen molar-refractivity contribution in [3.8, 4) is 0 Å². The number of hydrogen-bond acceptors (Lipinski definition) is 2. The minimum atomic E-state index is 0.225. The third-order valence-electron chi connectivity index (χ3n) is 4.42. The topological polar surface area (TPSA) is 23.5 Å². The minimum absolute atomic E-state index is 0.225. The second kappa shape index (κ2) is 6.73. The van der Waals surface area contributed by atoms with Crippen LogP contribution in [0.3, 0.4) is 0 Å². The Hall–Kier alpha value is -0.860. The zero-order chi connectivity index (χ0) is 14.6. The van der Waals surface area contributed by atoms with Crippen molar-refractivity contribution in [3.05, 3.63) is 35.4 Å². The van der Waals surface area contributed by atoms with Crippen LogP contribution in [-0.4, -0.2) is 29.2 Å². The van der Waals surface area contributed by atoms with E-state index >= 15 is 0 Å². The van der Waals surface area contributed by atoms with Gasteiger partial charge in [0.25, 0.3) is 0 Å². The van der Waals surface area contributed by atoms with Gasteiger partial charge in [-0.1, -0.05) is 51.5 Å². The molecule has 1 aliphatic rings. The molecule has 1 fully saturated rings. The molecule has 0 radical (unpaired) electrons. The van der Waals surface area contributed by atoms with E-state index in [1.54, 1.807) is 0 Å². The molecule has 1 aliphatic heterocycles. The fourth-order valence-corrected chi connectivity index (χ4v) is 3.09. The summed E-state index contributed by atoms with van der Waals surface area (Å²) in [5, 5.41) is 9.20. The predicted octanol–water partition coefficient (Wildman–Crippen LogP) is 3.72. The summed E-state index contributed by atoms with van der Waals surface area (Å²) in [5.74, 6) is 0. The second-order valence-corrected chi connectivity index (χ2v) is 7.08. The third kappa shape index (κ3) is 4.07. The van der Waals surface area contributed by atoms with Gasteiger partial charge in [-0.2, -0.15) is 0 Å². The van der Waals surface area contributed by atoms with Crippen LogP contribution >= 0.6 is 0 Å². The van der Waals surface area contributed by atoms with E-state index < -0.39 is 0 Å². The summed E-state index contributed by atoms with van der Waals surface area (Å²) in [4.78, 5) is 2.55. The van der Waals surface area contributed by atoms with Crippen molar-refractivity contribution in [2.45, 2.75) is 64.5 Å². The van der Waals surface area contributed by atoms with Crippen molar-refractivity contribution in [2.75, 3.05) is 13.2 Å². The van der Waals surface area contributed by atoms with Crippen LogP contribution in [0.15, 0.2) is 24.3 Å². The van der Waals surface area contributed by atoms with Crippen molar-refractivity contribution in [3.63, 3.8) is 0 Å². The summed E-state index contributed by atoms with van der Waals surface area (Å²) in [6.45, 7) is 9.27. The molecule has 1 heterocycles. The average Bonchev–Trinajstić information content (AvgIpc) is 2.41. The van der Waals surface area contributed by atoms with Gasteiger partial charge < -0.3 is 5.11 Å². The van der Waals surface area contributed by atoms with Gasteiger partial charge in [0.15, 0.2) is 0 Å². The highest BCUT2D eigenvalue weighted by Crippen LogP contribution is 2.25. The predicted molar refractivity (Wildman–Crippen MR) is 84.9 cm³/mol. The Balaban J connectivity index is 2.01. The molecule has 2 rings (SSSR count). The summed E-state index contributed by atoms with van der Waals surface area (Å²) in [6.07, 6.45) is 4.76. The first-order valence-corrected chi connectivity index (χ1v) is 7.95. The fraction of sp³-hybridized carbons (Fsp3) is 0.667. The maximum absolute atomic E-state index is 9.20. The molecule has 0 unspecified atom stereocenters. The number of rotatable bonds is 4. The average molecular weight is 275 g/mol. The number of aliphatic hydroxyl groups excluding tert-OH is 1. The standard InChI is InChI=1S/C18H29NO/c1-18(2,3)16-9-7-15(8-10-16)14-19-12-5-4-6-17(19)11-13-20/h7-10,17,20H,4-6,11-14H2,1-3H3/t17-/m1/s1. The number of likely N-dealkylation sites (tertiary alicyclic amines) is 1. The molecule has 0 aromatic heterocycles. The molecule has 1 aromatic carbocycles. The van der Waals surface area contributed by atoms with Gasteiger partial charge in [0.2, 0.25) is 0 Å². The summed E-state index contributed by atoms with van der Waals surface area (Å²) >= 11 is 0. The van der Waals surface area contributed by atoms with E-state index in [0.29, 0.717) is 12.6 Å². The van der Waals surface area contributed by atoms with E-state index in [4.69, 9.17) is 0 Å². The van der Waals surface area contributed by atoms with E-state index in [2.05, 4.69) is 49.9 Å². The normalized spacial score (nSPS) is 21.1. The van der Waals surface area contributed by atoms with Gasteiger partial charge in [0, 0.05) is 19.2 Å². The maximum atomic E-state index is 9.20. The number of aliphatic hydroxyl groups is 1. The highest BCUT2D eigenvalue weighted by Gasteiger charge is 2.22. The van der Waals surface area contributed by atoms with E-state index in [0.717, 1.165) is 13.0 Å². The molecule has 1 N–H and O–H groups in total. The smallest absolute Gasteiger partial charge is 0.0445 e. The SMILES string of the molecule is CC(C)(C)c1ccc(CN2CCCC[C@@H]2CCO)cc1. The third-order valence-corrected chi connectivity index (χ3v) is 4.42. The Labute approximate surface area is 123 Å². The molecule has 1 atom stereocenters. The van der Waals surface area contributed by atoms with Gasteiger partial charge >= 0.3 is 0 Å². The molecule has 112 valence electrons. The van der Waals surface area contributed by atoms with Gasteiger partial charge in [0.1, 0.15) is 0 Å². The molecule has 0 spiro atoms. The van der Waals surface area contributed by atoms with Crippen LogP contribution in [0.2, 0.25) is 0 Å². The maximum Gasteiger partial charge on any atom is 0.0445 e. The van der Waals surface area contributed by atoms with Gasteiger partial charge in [0.05, 0.1) is 0 Å². The van der Waals surface area contributed by atoms with Crippen LogP contribution in [0.25, 0.3) is 0 Å². The quantitative estimate of drug-likeness (QED) is 0.905. The largest absolute Gasteiger partial charge is 0.396 e. The Morgan fingerprint density at radius 1 is 1.15 bits per heavy atom. The van der Waals surface area contributed by atoms with Gasteiger partial charge in [-0.05, 0) is 42.3 Å². The van der Waals surface area contributed by atoms with Crippen LogP contribution in [0, 0.1) is 0 Å². The van der Waals surface area contributed by atoms with Crippen molar-refractivity contribution < 1.29 is 5.11 Å². The fourth-order valence-electron chi connectivity index (χ4n) is 3.09. The van der Waals surface area contributed by atoms with Crippen LogP contribution in [0.4, 0.5) is 0 Å². The highest BCUT2D eigenvalue weighted by molar-refractivity contribution is 5.27. The van der Waals surface area contributed by atoms with E-state index in [9.17, 15) is 5.11 Å². The van der Waals surface area contributed by atoms with Crippen molar-refractivity contribution >= 4 is 0 Å². The van der Waals surface area contributed by atoms with Crippen molar-refractivity contribution in [1.82, 2.24) is 4.90 Å². The molecule has 2 heteroatoms. The molecule has 20 heavy (non-hydrogen) atoms. The van der Waals surface area contributed by atoms with Crippen molar-refractivity contribution in [2.24, 2.45) is 0 Å². The Morgan fingerprint density at radius 3 is 2.45 bits per heavy atom. The molecule has 0 amide bonds. The van der Waals surface area contributed by atoms with Gasteiger partial charge in [-0.3, -0.25) is 4.90 Å². The van der Waals surface area contributed by atoms with E-state index in [1.165, 1.54) is 36.9 Å². The van der Waals surface area contributed by atoms with E-state index in [1.807, 2.05) is 0 Å². The van der Waals surface area contributed by atoms with Crippen LogP contribution in [0.1, 0.15) is 57.6 Å². The van der Waals surface area contributed by atoms with Crippen LogP contribution in [-0.2, 0) is 12.0 Å². The molecule has 0 bridgehead atoms. The summed E-state index contributed by atoms with van der Waals surface area (Å²) in [6, 6.07) is 9.63. The summed E-state index contributed by atoms with van der Waals surface area (Å²) in [5.41, 5.74) is 3.01. The zero-order valence-electron chi connectivity index (χ0n) is 13.2. The van der Waals surface area contributed by atoms with Crippen LogP contribution in [0.5, 0.6) is 0 Å². The molecule has 1 aromatic rings. The molecule has 0 aliphatic carbocycles. The molecular weight excluding hydrogens is 246 g/mol. The van der Waals surface area contributed by atoms with Crippen molar-refractivity contribution in [1.29, 1.82) is 0 Å². The lowest BCUT2D eigenvalue weighted by Gasteiger charge is -2.35. The number of nitrogens with zero attached hydrogens (tertiary/aromatic N) is 1. The molecule has 0 saturated carbocycles. The minimum Gasteiger partial charge on any atom is -0.396 e. The lowest BCUT2D eigenvalue weighted by atomic mass is 9.86. The Bertz CT molecular complexity index is 402. The molecular formula is C18H29NO. The highest BCUT2D eigenvalue weighted by atomic mass is 16.3. The second-order valence-electron chi connectivity index (χ2n) is 7.08. The lowest BCUT2D eigenvalue weighted by Crippen LogP contribution is -2.39. The number of piperidine rings is 1. The van der Waals surface area contributed by atoms with Crippen LogP contribution < -0.4 is 0 Å². The first-order chi connectivity index (χ1) is 9.50. The monoisotopic (exact) mass is 275 g/mol. The first kappa shape index (κ1) is 15.5. The first-order valence-electron chi connectivity index (χ1n) is 7.95. The summed E-state index contributed by atoms with van der Waals surface area (Å²) in [7, 11) is 0. The lowest BCUT2D eigenvalue weighted by molar-refractivity contribution is 0.112. The zero-order valence-corrected chi connectivity index (χ0v) is 13.2. The number of hydrogen-bond donors (Lipinski definition) is 1. The molecule has 2 nitrogen and oxygen atoms in total. The van der Waals surface area contributed by atoms with Gasteiger partial charge in [-0.25, -0.2) is 0 Å². The molecule has 1 saturated heterocycles. The Morgan fingerprint density at radius 2 is 1.85 bits per heavy atom. The Kier molecular flexibility index (Phi) is 5.22. The number of benzene rings is 1. The van der Waals surface area contributed by atoms with Gasteiger partial charge in [-0.15, -0.1) is 0 Å². The van der Waals surface area contributed by atoms with E-state index in [-0.39, 0.29) is 5.41 Å². The summed E-state index contributed by atoms with van der Waals surface area (Å²) < 4.78 is 0.